The zero-order chi connectivity index (χ0) is 14.0. The van der Waals surface area contributed by atoms with Crippen LogP contribution in [0.2, 0.25) is 0 Å². The predicted molar refractivity (Wildman–Crippen MR) is 73.4 cm³/mol. The van der Waals surface area contributed by atoms with Crippen molar-refractivity contribution in [3.05, 3.63) is 29.8 Å². The molecule has 0 amide bonds. The first kappa shape index (κ1) is 14.3. The van der Waals surface area contributed by atoms with Crippen molar-refractivity contribution in [1.82, 2.24) is 4.31 Å². The molecule has 1 fully saturated rings. The van der Waals surface area contributed by atoms with Crippen LogP contribution in [0.1, 0.15) is 12.0 Å². The van der Waals surface area contributed by atoms with Crippen molar-refractivity contribution in [2.75, 3.05) is 13.1 Å². The molecule has 0 saturated carbocycles. The summed E-state index contributed by atoms with van der Waals surface area (Å²) in [5.41, 5.74) is 1.28. The zero-order valence-corrected chi connectivity index (χ0v) is 12.0. The summed E-state index contributed by atoms with van der Waals surface area (Å²) in [5, 5.41) is 11.5. The number of alkyl halides is 1. The lowest BCUT2D eigenvalue weighted by atomic mass is 10.1. The van der Waals surface area contributed by atoms with Crippen molar-refractivity contribution in [1.29, 1.82) is 0 Å². The summed E-state index contributed by atoms with van der Waals surface area (Å²) in [6, 6.07) is 6.66. The van der Waals surface area contributed by atoms with E-state index in [9.17, 15) is 8.42 Å². The highest BCUT2D eigenvalue weighted by Crippen LogP contribution is 2.22. The summed E-state index contributed by atoms with van der Waals surface area (Å²) < 4.78 is 26.1. The molecule has 1 aromatic rings. The van der Waals surface area contributed by atoms with E-state index >= 15 is 0 Å². The highest BCUT2D eigenvalue weighted by Gasteiger charge is 2.32. The molecule has 1 aromatic carbocycles. The minimum absolute atomic E-state index is 0.0286. The highest BCUT2D eigenvalue weighted by molar-refractivity contribution is 7.89. The van der Waals surface area contributed by atoms with Gasteiger partial charge in [0, 0.05) is 6.54 Å². The maximum Gasteiger partial charge on any atom is 0.243 e. The number of piperidine rings is 1. The maximum absolute atomic E-state index is 12.4. The Labute approximate surface area is 117 Å². The molecule has 0 bridgehead atoms. The second-order valence-electron chi connectivity index (χ2n) is 4.50. The van der Waals surface area contributed by atoms with E-state index in [1.165, 1.54) is 4.31 Å². The number of hydrogen-bond acceptors (Lipinski definition) is 4. The summed E-state index contributed by atoms with van der Waals surface area (Å²) in [7, 11) is -3.56. The molecule has 19 heavy (non-hydrogen) atoms. The Morgan fingerprint density at radius 2 is 2.00 bits per heavy atom. The standard InChI is InChI=1S/C12H15ClN2O3S/c1-9-2-4-10(5-3-9)19(17,18)15-7-6-11(13)12(8-15)14-16/h2-5,11,16H,6-8H2,1H3. The molecule has 1 unspecified atom stereocenters. The lowest BCUT2D eigenvalue weighted by molar-refractivity contribution is 0.310. The second kappa shape index (κ2) is 5.48. The number of sulfonamides is 1. The van der Waals surface area contributed by atoms with Crippen LogP contribution in [0.4, 0.5) is 0 Å². The Kier molecular flexibility index (Phi) is 4.13. The van der Waals surface area contributed by atoms with Crippen LogP contribution in [0, 0.1) is 6.92 Å². The largest absolute Gasteiger partial charge is 0.411 e. The van der Waals surface area contributed by atoms with Crippen LogP contribution < -0.4 is 0 Å². The number of rotatable bonds is 2. The molecule has 0 spiro atoms. The molecule has 0 aliphatic carbocycles. The van der Waals surface area contributed by atoms with Crippen molar-refractivity contribution in [3.8, 4) is 0 Å². The normalized spacial score (nSPS) is 23.7. The van der Waals surface area contributed by atoms with E-state index in [1.807, 2.05) is 6.92 Å². The van der Waals surface area contributed by atoms with Crippen molar-refractivity contribution < 1.29 is 13.6 Å². The van der Waals surface area contributed by atoms with E-state index in [4.69, 9.17) is 16.8 Å². The fourth-order valence-electron chi connectivity index (χ4n) is 1.94. The first-order valence-corrected chi connectivity index (χ1v) is 7.74. The molecule has 1 heterocycles. The highest BCUT2D eigenvalue weighted by atomic mass is 35.5. The Bertz CT molecular complexity index is 583. The number of oxime groups is 1. The van der Waals surface area contributed by atoms with Crippen LogP contribution >= 0.6 is 11.6 Å². The predicted octanol–water partition coefficient (Wildman–Crippen LogP) is 1.83. The van der Waals surface area contributed by atoms with E-state index in [-0.39, 0.29) is 17.2 Å². The number of aryl methyl sites for hydroxylation is 1. The molecular weight excluding hydrogens is 288 g/mol. The van der Waals surface area contributed by atoms with Crippen molar-refractivity contribution in [3.63, 3.8) is 0 Å². The summed E-state index contributed by atoms with van der Waals surface area (Å²) in [6.45, 7) is 2.25. The van der Waals surface area contributed by atoms with Gasteiger partial charge in [0.1, 0.15) is 0 Å². The van der Waals surface area contributed by atoms with Gasteiger partial charge in [-0.05, 0) is 25.5 Å². The number of halogens is 1. The quantitative estimate of drug-likeness (QED) is 0.515. The monoisotopic (exact) mass is 302 g/mol. The first-order valence-electron chi connectivity index (χ1n) is 5.87. The van der Waals surface area contributed by atoms with Gasteiger partial charge in [0.05, 0.1) is 22.5 Å². The SMILES string of the molecule is Cc1ccc(S(=O)(=O)N2CCC(Cl)C(=NO)C2)cc1. The maximum atomic E-state index is 12.4. The van der Waals surface area contributed by atoms with Crippen LogP contribution in [0.5, 0.6) is 0 Å². The zero-order valence-electron chi connectivity index (χ0n) is 10.5. The van der Waals surface area contributed by atoms with Gasteiger partial charge < -0.3 is 5.21 Å². The molecule has 1 atom stereocenters. The van der Waals surface area contributed by atoms with Gasteiger partial charge in [0.2, 0.25) is 10.0 Å². The molecule has 0 aromatic heterocycles. The van der Waals surface area contributed by atoms with Gasteiger partial charge in [0.15, 0.2) is 0 Å². The average molecular weight is 303 g/mol. The Morgan fingerprint density at radius 1 is 1.37 bits per heavy atom. The minimum atomic E-state index is -3.56. The van der Waals surface area contributed by atoms with Crippen LogP contribution in [-0.4, -0.2) is 42.1 Å². The molecular formula is C12H15ClN2O3S. The van der Waals surface area contributed by atoms with Gasteiger partial charge in [0.25, 0.3) is 0 Å². The molecule has 7 heteroatoms. The molecule has 1 aliphatic rings. The van der Waals surface area contributed by atoms with Gasteiger partial charge in [-0.15, -0.1) is 11.6 Å². The van der Waals surface area contributed by atoms with Crippen molar-refractivity contribution in [2.45, 2.75) is 23.6 Å². The molecule has 2 rings (SSSR count). The Balaban J connectivity index is 2.28. The first-order chi connectivity index (χ1) is 8.95. The van der Waals surface area contributed by atoms with E-state index in [1.54, 1.807) is 24.3 Å². The number of benzene rings is 1. The lowest BCUT2D eigenvalue weighted by Crippen LogP contribution is -2.44. The van der Waals surface area contributed by atoms with Crippen LogP contribution in [-0.2, 0) is 10.0 Å². The summed E-state index contributed by atoms with van der Waals surface area (Å²) >= 11 is 5.95. The topological polar surface area (TPSA) is 70.0 Å². The third-order valence-electron chi connectivity index (χ3n) is 3.12. The van der Waals surface area contributed by atoms with Gasteiger partial charge in [-0.25, -0.2) is 8.42 Å². The fourth-order valence-corrected chi connectivity index (χ4v) is 3.58. The van der Waals surface area contributed by atoms with Gasteiger partial charge in [-0.1, -0.05) is 22.9 Å². The summed E-state index contributed by atoms with van der Waals surface area (Å²) in [6.07, 6.45) is 0.437. The van der Waals surface area contributed by atoms with Crippen LogP contribution in [0.15, 0.2) is 34.3 Å². The molecule has 1 aliphatic heterocycles. The fraction of sp³-hybridized carbons (Fsp3) is 0.417. The molecule has 1 saturated heterocycles. The number of nitrogens with zero attached hydrogens (tertiary/aromatic N) is 2. The van der Waals surface area contributed by atoms with E-state index < -0.39 is 15.4 Å². The molecule has 5 nitrogen and oxygen atoms in total. The lowest BCUT2D eigenvalue weighted by Gasteiger charge is -2.29. The third-order valence-corrected chi connectivity index (χ3v) is 5.45. The molecule has 104 valence electrons. The Morgan fingerprint density at radius 3 is 2.58 bits per heavy atom. The van der Waals surface area contributed by atoms with Crippen LogP contribution in [0.3, 0.4) is 0 Å². The van der Waals surface area contributed by atoms with Gasteiger partial charge in [-0.3, -0.25) is 0 Å². The van der Waals surface area contributed by atoms with E-state index in [2.05, 4.69) is 5.16 Å². The average Bonchev–Trinajstić information content (AvgIpc) is 2.39. The summed E-state index contributed by atoms with van der Waals surface area (Å²) in [4.78, 5) is 0.239. The number of hydrogen-bond donors (Lipinski definition) is 1. The smallest absolute Gasteiger partial charge is 0.243 e. The molecule has 1 N–H and O–H groups in total. The summed E-state index contributed by atoms with van der Waals surface area (Å²) in [5.74, 6) is 0. The van der Waals surface area contributed by atoms with E-state index in [0.29, 0.717) is 13.0 Å². The minimum Gasteiger partial charge on any atom is -0.411 e. The van der Waals surface area contributed by atoms with Gasteiger partial charge in [-0.2, -0.15) is 4.31 Å². The van der Waals surface area contributed by atoms with Crippen LogP contribution in [0.25, 0.3) is 0 Å². The van der Waals surface area contributed by atoms with Crippen molar-refractivity contribution in [2.24, 2.45) is 5.16 Å². The Hall–Kier alpha value is -1.11. The third kappa shape index (κ3) is 2.91. The second-order valence-corrected chi connectivity index (χ2v) is 6.96. The molecule has 0 radical (unpaired) electrons. The van der Waals surface area contributed by atoms with E-state index in [0.717, 1.165) is 5.56 Å². The van der Waals surface area contributed by atoms with Crippen molar-refractivity contribution >= 4 is 27.3 Å². The van der Waals surface area contributed by atoms with Gasteiger partial charge >= 0.3 is 0 Å².